The summed E-state index contributed by atoms with van der Waals surface area (Å²) in [5.41, 5.74) is 2.62. The lowest BCUT2D eigenvalue weighted by molar-refractivity contribution is -0.127. The van der Waals surface area contributed by atoms with Crippen molar-refractivity contribution in [1.82, 2.24) is 14.9 Å². The first-order valence-corrected chi connectivity index (χ1v) is 10.6. The lowest BCUT2D eigenvalue weighted by atomic mass is 10.0. The predicted octanol–water partition coefficient (Wildman–Crippen LogP) is 2.87. The second kappa shape index (κ2) is 8.73. The number of anilines is 2. The number of nitrogens with zero attached hydrogens (tertiary/aromatic N) is 3. The quantitative estimate of drug-likeness (QED) is 0.690. The Morgan fingerprint density at radius 1 is 1.30 bits per heavy atom. The molecule has 158 valence electrons. The Labute approximate surface area is 176 Å². The molecule has 2 aromatic heterocycles. The van der Waals surface area contributed by atoms with Crippen LogP contribution in [0.4, 0.5) is 11.5 Å². The van der Waals surface area contributed by atoms with E-state index in [0.29, 0.717) is 19.0 Å². The summed E-state index contributed by atoms with van der Waals surface area (Å²) in [7, 11) is 1.84. The van der Waals surface area contributed by atoms with E-state index < -0.39 is 0 Å². The van der Waals surface area contributed by atoms with Gasteiger partial charge in [-0.15, -0.1) is 0 Å². The highest BCUT2D eigenvalue weighted by molar-refractivity contribution is 5.87. The van der Waals surface area contributed by atoms with Crippen molar-refractivity contribution in [3.63, 3.8) is 0 Å². The summed E-state index contributed by atoms with van der Waals surface area (Å²) in [5.74, 6) is 1.42. The Balaban J connectivity index is 1.62. The molecule has 0 spiro atoms. The van der Waals surface area contributed by atoms with Crippen LogP contribution in [0.1, 0.15) is 25.7 Å². The zero-order valence-electron chi connectivity index (χ0n) is 17.4. The van der Waals surface area contributed by atoms with Crippen LogP contribution in [0.25, 0.3) is 11.1 Å². The maximum atomic E-state index is 12.8. The smallest absolute Gasteiger partial charge is 0.271 e. The third-order valence-electron chi connectivity index (χ3n) is 6.09. The van der Waals surface area contributed by atoms with Gasteiger partial charge >= 0.3 is 0 Å². The van der Waals surface area contributed by atoms with Crippen LogP contribution >= 0.6 is 0 Å². The molecule has 30 heavy (non-hydrogen) atoms. The van der Waals surface area contributed by atoms with E-state index in [1.54, 1.807) is 12.4 Å². The molecule has 4 rings (SSSR count). The Bertz CT molecular complexity index is 974. The van der Waals surface area contributed by atoms with Crippen molar-refractivity contribution in [2.24, 2.45) is 5.92 Å². The second-order valence-corrected chi connectivity index (χ2v) is 8.14. The fraction of sp³-hybridized carbons (Fsp3) is 0.435. The fourth-order valence-corrected chi connectivity index (χ4v) is 4.15. The molecule has 0 unspecified atom stereocenters. The Morgan fingerprint density at radius 3 is 2.73 bits per heavy atom. The third-order valence-corrected chi connectivity index (χ3v) is 6.09. The minimum atomic E-state index is -0.0631. The number of pyridine rings is 2. The number of nitrogens with one attached hydrogen (secondary N) is 2. The van der Waals surface area contributed by atoms with E-state index in [1.807, 2.05) is 30.1 Å². The molecular formula is C23H29N5O2. The van der Waals surface area contributed by atoms with Crippen molar-refractivity contribution in [1.29, 1.82) is 0 Å². The summed E-state index contributed by atoms with van der Waals surface area (Å²) >= 11 is 0. The normalized spacial score (nSPS) is 16.9. The topological polar surface area (TPSA) is 81.3 Å². The summed E-state index contributed by atoms with van der Waals surface area (Å²) in [6.45, 7) is 5.88. The van der Waals surface area contributed by atoms with Crippen LogP contribution < -0.4 is 15.8 Å². The van der Waals surface area contributed by atoms with Crippen LogP contribution in [-0.4, -0.2) is 53.5 Å². The number of aromatic amines is 1. The van der Waals surface area contributed by atoms with Gasteiger partial charge in [0.25, 0.3) is 5.56 Å². The highest BCUT2D eigenvalue weighted by Crippen LogP contribution is 2.34. The minimum Gasteiger partial charge on any atom is -0.373 e. The molecule has 2 aromatic rings. The average molecular weight is 408 g/mol. The van der Waals surface area contributed by atoms with Gasteiger partial charge in [-0.05, 0) is 61.4 Å². The first-order valence-electron chi connectivity index (χ1n) is 10.6. The second-order valence-electron chi connectivity index (χ2n) is 8.14. The van der Waals surface area contributed by atoms with Crippen molar-refractivity contribution in [3.05, 3.63) is 53.6 Å². The number of aromatic nitrogens is 2. The molecular weight excluding hydrogens is 378 g/mol. The van der Waals surface area contributed by atoms with Gasteiger partial charge < -0.3 is 20.1 Å². The molecule has 1 aliphatic carbocycles. The standard InChI is InChI=1S/C23H29N5O2/c1-3-22(29)27-10-7-19(8-11-27)28(15-16-4-5-16)20-12-18(14-26-23(20)30)17-6-9-25-21(13-17)24-2/h3,6,9,12-14,16,19H,1,4-5,7-8,10-11,15H2,2H3,(H,24,25)(H,26,30). The van der Waals surface area contributed by atoms with Gasteiger partial charge in [0.1, 0.15) is 11.5 Å². The van der Waals surface area contributed by atoms with Crippen molar-refractivity contribution in [2.45, 2.75) is 31.7 Å². The highest BCUT2D eigenvalue weighted by Gasteiger charge is 2.32. The van der Waals surface area contributed by atoms with E-state index in [0.717, 1.165) is 42.0 Å². The van der Waals surface area contributed by atoms with Gasteiger partial charge in [0.15, 0.2) is 0 Å². The van der Waals surface area contributed by atoms with Gasteiger partial charge in [-0.1, -0.05) is 6.58 Å². The summed E-state index contributed by atoms with van der Waals surface area (Å²) < 4.78 is 0. The molecule has 7 nitrogen and oxygen atoms in total. The number of rotatable bonds is 7. The van der Waals surface area contributed by atoms with Gasteiger partial charge in [0.2, 0.25) is 5.91 Å². The summed E-state index contributed by atoms with van der Waals surface area (Å²) in [4.78, 5) is 36.1. The monoisotopic (exact) mass is 407 g/mol. The molecule has 0 radical (unpaired) electrons. The molecule has 0 bridgehead atoms. The molecule has 1 saturated carbocycles. The van der Waals surface area contributed by atoms with E-state index in [4.69, 9.17) is 0 Å². The first-order chi connectivity index (χ1) is 14.6. The van der Waals surface area contributed by atoms with Crippen LogP contribution in [-0.2, 0) is 4.79 Å². The number of hydrogen-bond acceptors (Lipinski definition) is 5. The predicted molar refractivity (Wildman–Crippen MR) is 120 cm³/mol. The van der Waals surface area contributed by atoms with Crippen molar-refractivity contribution >= 4 is 17.4 Å². The number of likely N-dealkylation sites (tertiary alicyclic amines) is 1. The van der Waals surface area contributed by atoms with Crippen molar-refractivity contribution < 1.29 is 4.79 Å². The van der Waals surface area contributed by atoms with Crippen molar-refractivity contribution in [2.75, 3.05) is 36.9 Å². The maximum Gasteiger partial charge on any atom is 0.271 e. The van der Waals surface area contributed by atoms with Gasteiger partial charge in [-0.25, -0.2) is 4.98 Å². The molecule has 7 heteroatoms. The van der Waals surface area contributed by atoms with Crippen LogP contribution in [0.2, 0.25) is 0 Å². The number of piperidine rings is 1. The Morgan fingerprint density at radius 2 is 2.07 bits per heavy atom. The van der Waals surface area contributed by atoms with Gasteiger partial charge in [-0.3, -0.25) is 9.59 Å². The number of carbonyl (C=O) groups is 1. The van der Waals surface area contributed by atoms with E-state index in [1.165, 1.54) is 18.9 Å². The SMILES string of the molecule is C=CC(=O)N1CCC(N(CC2CC2)c2cc(-c3ccnc(NC)c3)c[nH]c2=O)CC1. The lowest BCUT2D eigenvalue weighted by Crippen LogP contribution is -2.48. The van der Waals surface area contributed by atoms with E-state index in [-0.39, 0.29) is 17.5 Å². The number of hydrogen-bond donors (Lipinski definition) is 2. The Kier molecular flexibility index (Phi) is 5.88. The van der Waals surface area contributed by atoms with Crippen LogP contribution in [0, 0.1) is 5.92 Å². The fourth-order valence-electron chi connectivity index (χ4n) is 4.15. The van der Waals surface area contributed by atoms with Crippen molar-refractivity contribution in [3.8, 4) is 11.1 Å². The van der Waals surface area contributed by atoms with Crippen LogP contribution in [0.15, 0.2) is 48.0 Å². The average Bonchev–Trinajstić information content (AvgIpc) is 3.62. The van der Waals surface area contributed by atoms with Crippen LogP contribution in [0.5, 0.6) is 0 Å². The molecule has 1 saturated heterocycles. The molecule has 0 atom stereocenters. The minimum absolute atomic E-state index is 0.0138. The molecule has 1 aliphatic heterocycles. The lowest BCUT2D eigenvalue weighted by Gasteiger charge is -2.39. The molecule has 2 fully saturated rings. The maximum absolute atomic E-state index is 12.8. The molecule has 3 heterocycles. The number of amides is 1. The van der Waals surface area contributed by atoms with Gasteiger partial charge in [0, 0.05) is 50.7 Å². The van der Waals surface area contributed by atoms with Gasteiger partial charge in [-0.2, -0.15) is 0 Å². The molecule has 1 amide bonds. The number of carbonyl (C=O) groups excluding carboxylic acids is 1. The summed E-state index contributed by atoms with van der Waals surface area (Å²) in [5, 5.41) is 3.06. The zero-order valence-corrected chi connectivity index (χ0v) is 17.4. The molecule has 2 N–H and O–H groups in total. The van der Waals surface area contributed by atoms with E-state index >= 15 is 0 Å². The summed E-state index contributed by atoms with van der Waals surface area (Å²) in [6.07, 6.45) is 9.06. The summed E-state index contributed by atoms with van der Waals surface area (Å²) in [6, 6.07) is 6.17. The zero-order chi connectivity index (χ0) is 21.1. The number of H-pyrrole nitrogens is 1. The first kappa shape index (κ1) is 20.2. The van der Waals surface area contributed by atoms with E-state index in [9.17, 15) is 9.59 Å². The van der Waals surface area contributed by atoms with Gasteiger partial charge in [0.05, 0.1) is 0 Å². The molecule has 2 aliphatic rings. The Hall–Kier alpha value is -3.09. The highest BCUT2D eigenvalue weighted by atomic mass is 16.2. The third kappa shape index (κ3) is 4.40. The molecule has 0 aromatic carbocycles. The largest absolute Gasteiger partial charge is 0.373 e. The van der Waals surface area contributed by atoms with Crippen LogP contribution in [0.3, 0.4) is 0 Å². The van der Waals surface area contributed by atoms with E-state index in [2.05, 4.69) is 26.8 Å².